The van der Waals surface area contributed by atoms with E-state index in [0.717, 1.165) is 46.6 Å². The highest BCUT2D eigenvalue weighted by Gasteiger charge is 2.27. The molecule has 2 fully saturated rings. The van der Waals surface area contributed by atoms with Crippen molar-refractivity contribution < 1.29 is 19.3 Å². The number of methoxy groups -OCH3 is 1. The van der Waals surface area contributed by atoms with Gasteiger partial charge in [0.2, 0.25) is 5.95 Å². The van der Waals surface area contributed by atoms with Gasteiger partial charge in [-0.15, -0.1) is 0 Å². The van der Waals surface area contributed by atoms with E-state index in [-0.39, 0.29) is 18.7 Å². The first-order valence-electron chi connectivity index (χ1n) is 11.7. The van der Waals surface area contributed by atoms with Crippen LogP contribution in [0.2, 0.25) is 0 Å². The van der Waals surface area contributed by atoms with Crippen molar-refractivity contribution >= 4 is 22.7 Å². The summed E-state index contributed by atoms with van der Waals surface area (Å²) in [5.41, 5.74) is 3.23. The molecule has 1 aromatic carbocycles. The summed E-state index contributed by atoms with van der Waals surface area (Å²) < 4.78 is 16.7. The number of anilines is 2. The molecule has 2 saturated heterocycles. The Labute approximate surface area is 199 Å². The van der Waals surface area contributed by atoms with Gasteiger partial charge in [-0.25, -0.2) is 4.98 Å². The minimum absolute atomic E-state index is 0.106. The van der Waals surface area contributed by atoms with E-state index in [2.05, 4.69) is 23.6 Å². The van der Waals surface area contributed by atoms with Gasteiger partial charge in [-0.05, 0) is 38.1 Å². The highest BCUT2D eigenvalue weighted by molar-refractivity contribution is 5.92. The van der Waals surface area contributed by atoms with E-state index >= 15 is 0 Å². The fourth-order valence-corrected chi connectivity index (χ4v) is 4.63. The first-order chi connectivity index (χ1) is 16.6. The third-order valence-electron chi connectivity index (χ3n) is 6.56. The molecule has 4 heterocycles. The molecule has 3 aromatic rings. The zero-order chi connectivity index (χ0) is 23.7. The summed E-state index contributed by atoms with van der Waals surface area (Å²) in [5, 5.41) is 10.7. The minimum Gasteiger partial charge on any atom is -0.496 e. The maximum absolute atomic E-state index is 9.75. The smallest absolute Gasteiger partial charge is 0.228 e. The molecular weight excluding hydrogens is 434 g/mol. The van der Waals surface area contributed by atoms with E-state index in [1.54, 1.807) is 7.11 Å². The largest absolute Gasteiger partial charge is 0.496 e. The van der Waals surface area contributed by atoms with Gasteiger partial charge in [0.05, 0.1) is 68.8 Å². The van der Waals surface area contributed by atoms with Crippen LogP contribution in [-0.2, 0) is 16.1 Å². The van der Waals surface area contributed by atoms with Crippen molar-refractivity contribution in [3.05, 3.63) is 36.0 Å². The van der Waals surface area contributed by atoms with Crippen LogP contribution in [0.1, 0.15) is 19.4 Å². The summed E-state index contributed by atoms with van der Waals surface area (Å²) in [6.07, 6.45) is 1.86. The first kappa shape index (κ1) is 22.8. The van der Waals surface area contributed by atoms with E-state index in [1.165, 1.54) is 0 Å². The number of aromatic nitrogens is 3. The van der Waals surface area contributed by atoms with Gasteiger partial charge < -0.3 is 29.1 Å². The number of ether oxygens (including phenoxy) is 3. The summed E-state index contributed by atoms with van der Waals surface area (Å²) in [5.74, 6) is 2.25. The number of rotatable bonds is 5. The summed E-state index contributed by atoms with van der Waals surface area (Å²) in [6, 6.07) is 8.11. The summed E-state index contributed by atoms with van der Waals surface area (Å²) in [4.78, 5) is 19.3. The third-order valence-corrected chi connectivity index (χ3v) is 6.56. The number of nitrogens with zero attached hydrogens (tertiary/aromatic N) is 5. The van der Waals surface area contributed by atoms with Gasteiger partial charge in [0.15, 0.2) is 0 Å². The van der Waals surface area contributed by atoms with Crippen molar-refractivity contribution in [3.8, 4) is 17.0 Å². The Morgan fingerprint density at radius 2 is 1.76 bits per heavy atom. The molecule has 2 aliphatic heterocycles. The number of pyridine rings is 1. The van der Waals surface area contributed by atoms with Crippen molar-refractivity contribution in [1.29, 1.82) is 0 Å². The van der Waals surface area contributed by atoms with Crippen LogP contribution < -0.4 is 14.5 Å². The van der Waals surface area contributed by atoms with Gasteiger partial charge in [0.25, 0.3) is 0 Å². The third kappa shape index (κ3) is 4.26. The quantitative estimate of drug-likeness (QED) is 0.610. The topological polar surface area (TPSA) is 93.1 Å². The second-order valence-corrected chi connectivity index (χ2v) is 8.85. The summed E-state index contributed by atoms with van der Waals surface area (Å²) in [7, 11) is 1.60. The lowest BCUT2D eigenvalue weighted by Crippen LogP contribution is -2.46. The Hall–Kier alpha value is -3.01. The molecule has 1 N–H and O–H groups in total. The Bertz CT molecular complexity index is 1170. The van der Waals surface area contributed by atoms with Gasteiger partial charge in [0.1, 0.15) is 11.6 Å². The van der Waals surface area contributed by atoms with Crippen LogP contribution in [0.25, 0.3) is 22.2 Å². The molecule has 0 radical (unpaired) electrons. The SMILES string of the molecule is COc1ccc(-c2cc3nc(N4CCOCC4C)nc(N4CCOCC4C)c3cn2)cc1CO. The van der Waals surface area contributed by atoms with Crippen LogP contribution in [0.4, 0.5) is 11.8 Å². The Morgan fingerprint density at radius 1 is 1.03 bits per heavy atom. The number of morpholine rings is 2. The number of fused-ring (bicyclic) bond motifs is 1. The van der Waals surface area contributed by atoms with Crippen LogP contribution in [-0.4, -0.2) is 78.8 Å². The number of aliphatic hydroxyl groups excluding tert-OH is 1. The van der Waals surface area contributed by atoms with Gasteiger partial charge in [0, 0.05) is 30.4 Å². The van der Waals surface area contributed by atoms with E-state index in [0.29, 0.717) is 38.1 Å². The fraction of sp³-hybridized carbons (Fsp3) is 0.480. The van der Waals surface area contributed by atoms with Gasteiger partial charge in [-0.1, -0.05) is 0 Å². The van der Waals surface area contributed by atoms with E-state index < -0.39 is 0 Å². The van der Waals surface area contributed by atoms with Crippen molar-refractivity contribution in [2.45, 2.75) is 32.5 Å². The molecule has 9 heteroatoms. The lowest BCUT2D eigenvalue weighted by atomic mass is 10.1. The van der Waals surface area contributed by atoms with Crippen LogP contribution in [0.15, 0.2) is 30.5 Å². The van der Waals surface area contributed by atoms with Crippen molar-refractivity contribution in [1.82, 2.24) is 15.0 Å². The molecule has 9 nitrogen and oxygen atoms in total. The van der Waals surface area contributed by atoms with Crippen molar-refractivity contribution in [3.63, 3.8) is 0 Å². The lowest BCUT2D eigenvalue weighted by Gasteiger charge is -2.37. The maximum Gasteiger partial charge on any atom is 0.228 e. The predicted octanol–water partition coefficient (Wildman–Crippen LogP) is 2.64. The molecule has 5 rings (SSSR count). The normalized spacial score (nSPS) is 21.2. The van der Waals surface area contributed by atoms with Gasteiger partial charge in [-0.2, -0.15) is 4.98 Å². The van der Waals surface area contributed by atoms with Crippen LogP contribution in [0.3, 0.4) is 0 Å². The highest BCUT2D eigenvalue weighted by Crippen LogP contribution is 2.33. The molecule has 2 aliphatic rings. The van der Waals surface area contributed by atoms with Crippen LogP contribution in [0, 0.1) is 0 Å². The van der Waals surface area contributed by atoms with Crippen LogP contribution in [0.5, 0.6) is 5.75 Å². The fourth-order valence-electron chi connectivity index (χ4n) is 4.63. The molecule has 0 bridgehead atoms. The molecule has 2 atom stereocenters. The second-order valence-electron chi connectivity index (χ2n) is 8.85. The average molecular weight is 466 g/mol. The van der Waals surface area contributed by atoms with Gasteiger partial charge in [-0.3, -0.25) is 4.98 Å². The highest BCUT2D eigenvalue weighted by atomic mass is 16.5. The number of hydrogen-bond donors (Lipinski definition) is 1. The van der Waals surface area contributed by atoms with E-state index in [9.17, 15) is 5.11 Å². The Balaban J connectivity index is 1.64. The van der Waals surface area contributed by atoms with Gasteiger partial charge >= 0.3 is 0 Å². The first-order valence-corrected chi connectivity index (χ1v) is 11.7. The summed E-state index contributed by atoms with van der Waals surface area (Å²) >= 11 is 0. The number of aliphatic hydroxyl groups is 1. The predicted molar refractivity (Wildman–Crippen MR) is 130 cm³/mol. The second kappa shape index (κ2) is 9.69. The molecule has 0 spiro atoms. The van der Waals surface area contributed by atoms with Crippen LogP contribution >= 0.6 is 0 Å². The Morgan fingerprint density at radius 3 is 2.44 bits per heavy atom. The zero-order valence-electron chi connectivity index (χ0n) is 19.9. The molecule has 34 heavy (non-hydrogen) atoms. The number of hydrogen-bond acceptors (Lipinski definition) is 9. The number of benzene rings is 1. The zero-order valence-corrected chi connectivity index (χ0v) is 19.9. The minimum atomic E-state index is -0.106. The van der Waals surface area contributed by atoms with Crippen molar-refractivity contribution in [2.24, 2.45) is 0 Å². The van der Waals surface area contributed by atoms with E-state index in [4.69, 9.17) is 29.2 Å². The molecule has 0 amide bonds. The monoisotopic (exact) mass is 465 g/mol. The van der Waals surface area contributed by atoms with E-state index in [1.807, 2.05) is 30.5 Å². The maximum atomic E-state index is 9.75. The van der Waals surface area contributed by atoms with Crippen molar-refractivity contribution in [2.75, 3.05) is 56.4 Å². The lowest BCUT2D eigenvalue weighted by molar-refractivity contribution is 0.0973. The molecule has 2 aromatic heterocycles. The summed E-state index contributed by atoms with van der Waals surface area (Å²) in [6.45, 7) is 8.34. The average Bonchev–Trinajstić information content (AvgIpc) is 2.88. The Kier molecular flexibility index (Phi) is 6.49. The molecular formula is C25H31N5O4. The molecule has 180 valence electrons. The molecule has 0 aliphatic carbocycles. The molecule has 0 saturated carbocycles. The molecule has 2 unspecified atom stereocenters. The standard InChI is InChI=1S/C25H31N5O4/c1-16-14-33-8-6-29(16)24-20-12-26-21(18-4-5-23(32-3)19(10-18)13-31)11-22(20)27-25(28-24)30-7-9-34-15-17(30)2/h4-5,10-12,16-17,31H,6-9,13-15H2,1-3H3.